The lowest BCUT2D eigenvalue weighted by molar-refractivity contribution is 0.337. The fraction of sp³-hybridized carbons (Fsp3) is 0.364. The molecule has 0 saturated heterocycles. The quantitative estimate of drug-likeness (QED) is 0.838. The van der Waals surface area contributed by atoms with E-state index in [1.54, 1.807) is 12.1 Å². The Bertz CT molecular complexity index is 382. The summed E-state index contributed by atoms with van der Waals surface area (Å²) in [6.07, 6.45) is 0.712. The molecule has 0 spiro atoms. The third-order valence-electron chi connectivity index (χ3n) is 2.19. The van der Waals surface area contributed by atoms with E-state index in [1.165, 1.54) is 0 Å². The largest absolute Gasteiger partial charge is 0.393 e. The fourth-order valence-electron chi connectivity index (χ4n) is 1.34. The lowest BCUT2D eigenvalue weighted by atomic mass is 10.2. The van der Waals surface area contributed by atoms with Crippen LogP contribution in [0.4, 0.5) is 0 Å². The Labute approximate surface area is 111 Å². The molecule has 0 saturated carbocycles. The standard InChI is InChI=1S/C11H14Cl2N2S/c1-15(5-4-11(14)16)7-8-6-9(12)2-3-10(8)13/h2-3,6H,4-5,7H2,1H3,(H2,14,16). The second-order valence-electron chi connectivity index (χ2n) is 3.69. The van der Waals surface area contributed by atoms with Crippen molar-refractivity contribution in [1.82, 2.24) is 4.90 Å². The zero-order valence-electron chi connectivity index (χ0n) is 9.04. The molecular formula is C11H14Cl2N2S. The van der Waals surface area contributed by atoms with Crippen molar-refractivity contribution >= 4 is 40.4 Å². The maximum Gasteiger partial charge on any atom is 0.0740 e. The van der Waals surface area contributed by atoms with Crippen LogP contribution in [0.15, 0.2) is 18.2 Å². The highest BCUT2D eigenvalue weighted by atomic mass is 35.5. The highest BCUT2D eigenvalue weighted by Crippen LogP contribution is 2.21. The molecule has 0 aliphatic heterocycles. The van der Waals surface area contributed by atoms with Crippen LogP contribution in [0.2, 0.25) is 10.0 Å². The number of rotatable bonds is 5. The van der Waals surface area contributed by atoms with Crippen LogP contribution < -0.4 is 5.73 Å². The van der Waals surface area contributed by atoms with Gasteiger partial charge < -0.3 is 10.6 Å². The van der Waals surface area contributed by atoms with Crippen molar-refractivity contribution in [3.8, 4) is 0 Å². The molecule has 1 aromatic rings. The topological polar surface area (TPSA) is 29.3 Å². The highest BCUT2D eigenvalue weighted by Gasteiger charge is 2.05. The molecule has 0 aromatic heterocycles. The highest BCUT2D eigenvalue weighted by molar-refractivity contribution is 7.80. The van der Waals surface area contributed by atoms with Crippen molar-refractivity contribution in [2.75, 3.05) is 13.6 Å². The second-order valence-corrected chi connectivity index (χ2v) is 5.06. The van der Waals surface area contributed by atoms with Crippen LogP contribution in [0.1, 0.15) is 12.0 Å². The van der Waals surface area contributed by atoms with Gasteiger partial charge in [-0.15, -0.1) is 0 Å². The molecule has 0 bridgehead atoms. The molecule has 88 valence electrons. The van der Waals surface area contributed by atoms with E-state index >= 15 is 0 Å². The minimum absolute atomic E-state index is 0.532. The summed E-state index contributed by atoms with van der Waals surface area (Å²) in [5.74, 6) is 0. The summed E-state index contributed by atoms with van der Waals surface area (Å²) in [5.41, 5.74) is 6.46. The Balaban J connectivity index is 2.58. The van der Waals surface area contributed by atoms with E-state index in [2.05, 4.69) is 4.90 Å². The van der Waals surface area contributed by atoms with Crippen molar-refractivity contribution in [3.63, 3.8) is 0 Å². The summed E-state index contributed by atoms with van der Waals surface area (Å²) in [4.78, 5) is 2.64. The number of benzene rings is 1. The second kappa shape index (κ2) is 6.40. The lowest BCUT2D eigenvalue weighted by Gasteiger charge is -2.17. The van der Waals surface area contributed by atoms with Crippen LogP contribution in [0, 0.1) is 0 Å². The SMILES string of the molecule is CN(CCC(N)=S)Cc1cc(Cl)ccc1Cl. The first-order chi connectivity index (χ1) is 7.49. The molecule has 16 heavy (non-hydrogen) atoms. The number of nitrogens with zero attached hydrogens (tertiary/aromatic N) is 1. The van der Waals surface area contributed by atoms with E-state index in [-0.39, 0.29) is 0 Å². The number of nitrogens with two attached hydrogens (primary N) is 1. The van der Waals surface area contributed by atoms with Gasteiger partial charge in [0.25, 0.3) is 0 Å². The van der Waals surface area contributed by atoms with Crippen LogP contribution in [-0.4, -0.2) is 23.5 Å². The van der Waals surface area contributed by atoms with Crippen LogP contribution in [0.5, 0.6) is 0 Å². The monoisotopic (exact) mass is 276 g/mol. The molecule has 5 heteroatoms. The number of halogens is 2. The van der Waals surface area contributed by atoms with Crippen LogP contribution in [-0.2, 0) is 6.54 Å². The van der Waals surface area contributed by atoms with Crippen molar-refractivity contribution in [3.05, 3.63) is 33.8 Å². The first-order valence-corrected chi connectivity index (χ1v) is 6.06. The first-order valence-electron chi connectivity index (χ1n) is 4.90. The summed E-state index contributed by atoms with van der Waals surface area (Å²) in [6, 6.07) is 5.46. The Hall–Kier alpha value is -0.350. The van der Waals surface area contributed by atoms with Gasteiger partial charge in [0, 0.05) is 29.6 Å². The van der Waals surface area contributed by atoms with E-state index < -0.39 is 0 Å². The Morgan fingerprint density at radius 1 is 1.44 bits per heavy atom. The van der Waals surface area contributed by atoms with Gasteiger partial charge in [-0.25, -0.2) is 0 Å². The molecule has 2 nitrogen and oxygen atoms in total. The van der Waals surface area contributed by atoms with Gasteiger partial charge in [-0.1, -0.05) is 35.4 Å². The number of hydrogen-bond donors (Lipinski definition) is 1. The predicted molar refractivity (Wildman–Crippen MR) is 74.2 cm³/mol. The van der Waals surface area contributed by atoms with Crippen LogP contribution in [0.25, 0.3) is 0 Å². The van der Waals surface area contributed by atoms with Gasteiger partial charge in [-0.05, 0) is 30.8 Å². The van der Waals surface area contributed by atoms with Crippen molar-refractivity contribution in [2.24, 2.45) is 5.73 Å². The molecule has 0 amide bonds. The van der Waals surface area contributed by atoms with Gasteiger partial charge in [-0.2, -0.15) is 0 Å². The van der Waals surface area contributed by atoms with Crippen molar-refractivity contribution < 1.29 is 0 Å². The average molecular weight is 277 g/mol. The smallest absolute Gasteiger partial charge is 0.0740 e. The molecular weight excluding hydrogens is 263 g/mol. The molecule has 0 atom stereocenters. The molecule has 0 aliphatic carbocycles. The van der Waals surface area contributed by atoms with Gasteiger partial charge in [0.15, 0.2) is 0 Å². The van der Waals surface area contributed by atoms with E-state index in [0.717, 1.165) is 23.7 Å². The summed E-state index contributed by atoms with van der Waals surface area (Å²) in [7, 11) is 2.00. The van der Waals surface area contributed by atoms with E-state index in [4.69, 9.17) is 41.2 Å². The molecule has 1 aromatic carbocycles. The van der Waals surface area contributed by atoms with Gasteiger partial charge in [0.2, 0.25) is 0 Å². The maximum absolute atomic E-state index is 6.07. The van der Waals surface area contributed by atoms with Gasteiger partial charge in [0.05, 0.1) is 4.99 Å². The summed E-state index contributed by atoms with van der Waals surface area (Å²) in [5, 5.41) is 1.42. The fourth-order valence-corrected chi connectivity index (χ4v) is 1.80. The molecule has 1 rings (SSSR count). The summed E-state index contributed by atoms with van der Waals surface area (Å²) in [6.45, 7) is 1.56. The molecule has 0 radical (unpaired) electrons. The molecule has 2 N–H and O–H groups in total. The Kier molecular flexibility index (Phi) is 5.49. The minimum Gasteiger partial charge on any atom is -0.393 e. The number of hydrogen-bond acceptors (Lipinski definition) is 2. The first kappa shape index (κ1) is 13.7. The van der Waals surface area contributed by atoms with Crippen molar-refractivity contribution in [2.45, 2.75) is 13.0 Å². The Morgan fingerprint density at radius 3 is 2.75 bits per heavy atom. The third kappa shape index (κ3) is 4.66. The van der Waals surface area contributed by atoms with Gasteiger partial charge >= 0.3 is 0 Å². The normalized spacial score (nSPS) is 10.8. The van der Waals surface area contributed by atoms with Gasteiger partial charge in [0.1, 0.15) is 0 Å². The van der Waals surface area contributed by atoms with E-state index in [0.29, 0.717) is 16.4 Å². The Morgan fingerprint density at radius 2 is 2.12 bits per heavy atom. The van der Waals surface area contributed by atoms with E-state index in [9.17, 15) is 0 Å². The van der Waals surface area contributed by atoms with Crippen LogP contribution >= 0.6 is 35.4 Å². The summed E-state index contributed by atoms with van der Waals surface area (Å²) < 4.78 is 0. The molecule has 0 heterocycles. The van der Waals surface area contributed by atoms with E-state index in [1.807, 2.05) is 13.1 Å². The predicted octanol–water partition coefficient (Wildman–Crippen LogP) is 3.10. The van der Waals surface area contributed by atoms with Crippen molar-refractivity contribution in [1.29, 1.82) is 0 Å². The lowest BCUT2D eigenvalue weighted by Crippen LogP contribution is -2.23. The van der Waals surface area contributed by atoms with Crippen LogP contribution in [0.3, 0.4) is 0 Å². The maximum atomic E-state index is 6.07. The zero-order chi connectivity index (χ0) is 12.1. The molecule has 0 aliphatic rings. The number of thiocarbonyl (C=S) groups is 1. The molecule has 0 fully saturated rings. The van der Waals surface area contributed by atoms with Gasteiger partial charge in [-0.3, -0.25) is 0 Å². The zero-order valence-corrected chi connectivity index (χ0v) is 11.4. The average Bonchev–Trinajstić information content (AvgIpc) is 2.20. The summed E-state index contributed by atoms with van der Waals surface area (Å²) >= 11 is 16.8. The minimum atomic E-state index is 0.532. The molecule has 0 unspecified atom stereocenters. The third-order valence-corrected chi connectivity index (χ3v) is 3.00.